The van der Waals surface area contributed by atoms with Gasteiger partial charge in [0, 0.05) is 0 Å². The summed E-state index contributed by atoms with van der Waals surface area (Å²) in [4.78, 5) is 0. The Kier molecular flexibility index (Phi) is 4.10. The zero-order chi connectivity index (χ0) is 7.28. The molecule has 9 heavy (non-hydrogen) atoms. The summed E-state index contributed by atoms with van der Waals surface area (Å²) in [5, 5.41) is 0. The van der Waals surface area contributed by atoms with Gasteiger partial charge in [0.2, 0.25) is 0 Å². The van der Waals surface area contributed by atoms with Crippen molar-refractivity contribution in [3.8, 4) is 0 Å². The third-order valence-corrected chi connectivity index (χ3v) is 1.44. The number of hydrogen-bond acceptors (Lipinski definition) is 1. The van der Waals surface area contributed by atoms with E-state index < -0.39 is 0 Å². The van der Waals surface area contributed by atoms with Crippen LogP contribution in [0, 0.1) is 0 Å². The van der Waals surface area contributed by atoms with Crippen LogP contribution in [0.4, 0.5) is 0 Å². The second kappa shape index (κ2) is 4.36. The molecule has 0 aliphatic carbocycles. The maximum atomic E-state index is 5.09. The number of methoxy groups -OCH3 is 1. The average Bonchev–Trinajstić information content (AvgIpc) is 1.90. The molecule has 0 saturated carbocycles. The van der Waals surface area contributed by atoms with Crippen molar-refractivity contribution < 1.29 is 9.31 Å². The van der Waals surface area contributed by atoms with Crippen LogP contribution in [0.5, 0.6) is 0 Å². The van der Waals surface area contributed by atoms with Crippen LogP contribution in [0.15, 0.2) is 0 Å². The minimum atomic E-state index is 0.973. The SMILES string of the molecule is CCC(OC)=[N+](C)CC. The molecule has 0 unspecified atom stereocenters. The molecule has 0 bridgehead atoms. The summed E-state index contributed by atoms with van der Waals surface area (Å²) in [5.74, 6) is 1.05. The van der Waals surface area contributed by atoms with Gasteiger partial charge in [-0.1, -0.05) is 6.92 Å². The van der Waals surface area contributed by atoms with Crippen molar-refractivity contribution in [2.24, 2.45) is 0 Å². The normalized spacial score (nSPS) is 12.9. The Bertz CT molecular complexity index is 101. The Morgan fingerprint density at radius 1 is 1.44 bits per heavy atom. The summed E-state index contributed by atoms with van der Waals surface area (Å²) in [6.45, 7) is 5.21. The molecule has 0 radical (unpaired) electrons. The van der Waals surface area contributed by atoms with Crippen molar-refractivity contribution >= 4 is 5.90 Å². The summed E-state index contributed by atoms with van der Waals surface area (Å²) >= 11 is 0. The standard InChI is InChI=1S/C7H16NO/c1-5-7(9-4)8(3)6-2/h5-6H2,1-4H3/q+1. The fourth-order valence-electron chi connectivity index (χ4n) is 0.746. The third kappa shape index (κ3) is 2.49. The van der Waals surface area contributed by atoms with E-state index in [4.69, 9.17) is 4.74 Å². The second-order valence-corrected chi connectivity index (χ2v) is 1.97. The van der Waals surface area contributed by atoms with E-state index in [1.165, 1.54) is 0 Å². The average molecular weight is 130 g/mol. The van der Waals surface area contributed by atoms with Crippen molar-refractivity contribution in [2.75, 3.05) is 20.7 Å². The van der Waals surface area contributed by atoms with Gasteiger partial charge in [-0.15, -0.1) is 0 Å². The molecule has 0 N–H and O–H groups in total. The third-order valence-electron chi connectivity index (χ3n) is 1.44. The van der Waals surface area contributed by atoms with Gasteiger partial charge in [-0.05, 0) is 6.92 Å². The van der Waals surface area contributed by atoms with Crippen molar-refractivity contribution in [1.82, 2.24) is 0 Å². The van der Waals surface area contributed by atoms with Gasteiger partial charge in [0.05, 0.1) is 13.5 Å². The second-order valence-electron chi connectivity index (χ2n) is 1.97. The van der Waals surface area contributed by atoms with E-state index in [9.17, 15) is 0 Å². The van der Waals surface area contributed by atoms with E-state index in [2.05, 4.69) is 18.4 Å². The Hall–Kier alpha value is -0.530. The van der Waals surface area contributed by atoms with Crippen molar-refractivity contribution in [2.45, 2.75) is 20.3 Å². The van der Waals surface area contributed by atoms with Crippen molar-refractivity contribution in [3.63, 3.8) is 0 Å². The van der Waals surface area contributed by atoms with Crippen LogP contribution in [0.3, 0.4) is 0 Å². The molecule has 0 heterocycles. The van der Waals surface area contributed by atoms with Gasteiger partial charge < -0.3 is 4.74 Å². The van der Waals surface area contributed by atoms with Gasteiger partial charge in [0.25, 0.3) is 0 Å². The maximum Gasteiger partial charge on any atom is 0.335 e. The molecule has 0 fully saturated rings. The lowest BCUT2D eigenvalue weighted by Gasteiger charge is -1.99. The molecular formula is C7H16NO+. The zero-order valence-electron chi connectivity index (χ0n) is 6.77. The maximum absolute atomic E-state index is 5.09. The van der Waals surface area contributed by atoms with E-state index in [0.717, 1.165) is 18.9 Å². The molecule has 0 atom stereocenters. The Morgan fingerprint density at radius 2 is 2.00 bits per heavy atom. The molecule has 2 heteroatoms. The number of hydrogen-bond donors (Lipinski definition) is 0. The summed E-state index contributed by atoms with van der Waals surface area (Å²) in [7, 11) is 3.74. The highest BCUT2D eigenvalue weighted by Gasteiger charge is 2.03. The summed E-state index contributed by atoms with van der Waals surface area (Å²) in [6, 6.07) is 0. The highest BCUT2D eigenvalue weighted by molar-refractivity contribution is 5.70. The van der Waals surface area contributed by atoms with Gasteiger partial charge in [-0.3, -0.25) is 0 Å². The smallest absolute Gasteiger partial charge is 0.335 e. The minimum Gasteiger partial charge on any atom is -0.451 e. The monoisotopic (exact) mass is 130 g/mol. The Balaban J connectivity index is 4.01. The molecule has 0 spiro atoms. The van der Waals surface area contributed by atoms with Gasteiger partial charge in [0.15, 0.2) is 0 Å². The topological polar surface area (TPSA) is 12.2 Å². The highest BCUT2D eigenvalue weighted by atomic mass is 16.5. The van der Waals surface area contributed by atoms with E-state index in [0.29, 0.717) is 0 Å². The van der Waals surface area contributed by atoms with Crippen molar-refractivity contribution in [1.29, 1.82) is 0 Å². The molecule has 2 nitrogen and oxygen atoms in total. The lowest BCUT2D eigenvalue weighted by Crippen LogP contribution is -2.17. The van der Waals surface area contributed by atoms with Gasteiger partial charge in [-0.2, -0.15) is 0 Å². The first-order valence-corrected chi connectivity index (χ1v) is 3.37. The van der Waals surface area contributed by atoms with Crippen LogP contribution in [0.25, 0.3) is 0 Å². The van der Waals surface area contributed by atoms with Gasteiger partial charge in [-0.25, -0.2) is 4.58 Å². The van der Waals surface area contributed by atoms with Crippen LogP contribution in [0.1, 0.15) is 20.3 Å². The fraction of sp³-hybridized carbons (Fsp3) is 0.857. The van der Waals surface area contributed by atoms with Crippen molar-refractivity contribution in [3.05, 3.63) is 0 Å². The van der Waals surface area contributed by atoms with E-state index in [-0.39, 0.29) is 0 Å². The number of rotatable bonds is 2. The first-order valence-electron chi connectivity index (χ1n) is 3.37. The molecular weight excluding hydrogens is 114 g/mol. The van der Waals surface area contributed by atoms with E-state index >= 15 is 0 Å². The summed E-state index contributed by atoms with van der Waals surface area (Å²) in [5.41, 5.74) is 0. The Morgan fingerprint density at radius 3 is 2.11 bits per heavy atom. The van der Waals surface area contributed by atoms with Crippen LogP contribution in [-0.4, -0.2) is 31.2 Å². The zero-order valence-corrected chi connectivity index (χ0v) is 6.77. The van der Waals surface area contributed by atoms with Crippen LogP contribution >= 0.6 is 0 Å². The van der Waals surface area contributed by atoms with Crippen LogP contribution in [0.2, 0.25) is 0 Å². The molecule has 0 aliphatic rings. The molecule has 0 aromatic rings. The predicted molar refractivity (Wildman–Crippen MR) is 39.0 cm³/mol. The molecule has 0 aromatic carbocycles. The summed E-state index contributed by atoms with van der Waals surface area (Å²) < 4.78 is 7.19. The minimum absolute atomic E-state index is 0.973. The fourth-order valence-corrected chi connectivity index (χ4v) is 0.746. The largest absolute Gasteiger partial charge is 0.451 e. The number of ether oxygens (including phenoxy) is 1. The molecule has 0 aromatic heterocycles. The molecule has 0 rings (SSSR count). The molecule has 0 saturated heterocycles. The van der Waals surface area contributed by atoms with Gasteiger partial charge >= 0.3 is 5.90 Å². The first kappa shape index (κ1) is 8.47. The van der Waals surface area contributed by atoms with E-state index in [1.54, 1.807) is 7.11 Å². The summed E-state index contributed by atoms with van der Waals surface area (Å²) in [6.07, 6.45) is 0.973. The predicted octanol–water partition coefficient (Wildman–Crippen LogP) is 1.10. The first-order chi connectivity index (χ1) is 4.26. The van der Waals surface area contributed by atoms with Crippen LogP contribution < -0.4 is 0 Å². The Labute approximate surface area is 57.1 Å². The highest BCUT2D eigenvalue weighted by Crippen LogP contribution is 1.84. The van der Waals surface area contributed by atoms with E-state index in [1.807, 2.05) is 7.05 Å². The lowest BCUT2D eigenvalue weighted by molar-refractivity contribution is -0.503. The number of nitrogens with zero attached hydrogens (tertiary/aromatic N) is 1. The van der Waals surface area contributed by atoms with Crippen LogP contribution in [-0.2, 0) is 4.74 Å². The van der Waals surface area contributed by atoms with Gasteiger partial charge in [0.1, 0.15) is 13.6 Å². The molecule has 0 aliphatic heterocycles. The lowest BCUT2D eigenvalue weighted by atomic mass is 10.5. The molecule has 54 valence electrons. The quantitative estimate of drug-likeness (QED) is 0.310. The molecule has 0 amide bonds.